The van der Waals surface area contributed by atoms with E-state index in [0.717, 1.165) is 32.1 Å². The normalized spacial score (nSPS) is 12.9. The third-order valence-corrected chi connectivity index (χ3v) is 16.4. The van der Waals surface area contributed by atoms with Crippen LogP contribution < -0.4 is 5.73 Å². The van der Waals surface area contributed by atoms with Gasteiger partial charge in [-0.3, -0.25) is 18.6 Å². The maximum Gasteiger partial charge on any atom is 0.472 e. The average molecular weight is 1100 g/mol. The van der Waals surface area contributed by atoms with Crippen LogP contribution in [0, 0.1) is 0 Å². The number of rotatable bonds is 65. The average Bonchev–Trinajstić information content (AvgIpc) is 3.41. The number of carbonyl (C=O) groups excluding carboxylic acids is 2. The summed E-state index contributed by atoms with van der Waals surface area (Å²) >= 11 is 0. The molecule has 0 spiro atoms. The van der Waals surface area contributed by atoms with Crippen molar-refractivity contribution < 1.29 is 37.6 Å². The molecule has 76 heavy (non-hydrogen) atoms. The summed E-state index contributed by atoms with van der Waals surface area (Å²) < 4.78 is 33.2. The van der Waals surface area contributed by atoms with Crippen LogP contribution in [0.2, 0.25) is 0 Å². The second kappa shape index (κ2) is 62.9. The molecule has 0 aromatic rings. The highest BCUT2D eigenvalue weighted by molar-refractivity contribution is 7.47. The number of esters is 2. The van der Waals surface area contributed by atoms with Gasteiger partial charge in [0.15, 0.2) is 6.10 Å². The van der Waals surface area contributed by atoms with E-state index in [2.05, 4.69) is 26.0 Å². The number of carbonyl (C=O) groups is 2. The van der Waals surface area contributed by atoms with E-state index in [1.54, 1.807) is 0 Å². The number of ether oxygens (including phenoxy) is 2. The van der Waals surface area contributed by atoms with E-state index in [9.17, 15) is 19.0 Å². The number of allylic oxidation sites excluding steroid dienone is 2. The second-order valence-corrected chi connectivity index (χ2v) is 24.5. The van der Waals surface area contributed by atoms with E-state index >= 15 is 0 Å². The predicted octanol–water partition coefficient (Wildman–Crippen LogP) is 21.6. The summed E-state index contributed by atoms with van der Waals surface area (Å²) in [5, 5.41) is 0. The van der Waals surface area contributed by atoms with Gasteiger partial charge in [0.2, 0.25) is 0 Å². The molecular weight excluding hydrogens is 966 g/mol. The first kappa shape index (κ1) is 74.8. The maximum absolute atomic E-state index is 12.7. The van der Waals surface area contributed by atoms with Gasteiger partial charge in [0.05, 0.1) is 13.2 Å². The Morgan fingerprint density at radius 2 is 0.645 bits per heavy atom. The quantitative estimate of drug-likeness (QED) is 0.0264. The van der Waals surface area contributed by atoms with Crippen molar-refractivity contribution >= 4 is 19.8 Å². The van der Waals surface area contributed by atoms with Gasteiger partial charge in [0.25, 0.3) is 0 Å². The van der Waals surface area contributed by atoms with Gasteiger partial charge in [-0.1, -0.05) is 328 Å². The standard InChI is InChI=1S/C66H130NO8P/c1-3-5-7-9-11-13-15-17-19-21-23-25-27-28-29-30-31-32-33-34-35-36-37-39-41-43-45-47-49-51-53-55-57-59-66(69)75-64(63-74-76(70,71)73-61-60-67)62-72-65(68)58-56-54-52-50-48-46-44-42-40-38-26-24-22-20-18-16-14-12-10-8-6-4-2/h21,23,64H,3-20,22,24-63,67H2,1-2H3,(H,70,71)/b23-21-. The largest absolute Gasteiger partial charge is 0.472 e. The lowest BCUT2D eigenvalue weighted by Gasteiger charge is -2.19. The smallest absolute Gasteiger partial charge is 0.462 e. The molecule has 0 radical (unpaired) electrons. The van der Waals surface area contributed by atoms with Gasteiger partial charge in [0, 0.05) is 19.4 Å². The molecule has 0 saturated carbocycles. The van der Waals surface area contributed by atoms with Gasteiger partial charge in [0.1, 0.15) is 6.61 Å². The van der Waals surface area contributed by atoms with E-state index < -0.39 is 26.5 Å². The minimum Gasteiger partial charge on any atom is -0.462 e. The Morgan fingerprint density at radius 1 is 0.382 bits per heavy atom. The van der Waals surface area contributed by atoms with Crippen molar-refractivity contribution in [1.82, 2.24) is 0 Å². The number of nitrogens with two attached hydrogens (primary N) is 1. The van der Waals surface area contributed by atoms with Crippen LogP contribution in [0.4, 0.5) is 0 Å². The van der Waals surface area contributed by atoms with Crippen LogP contribution in [0.5, 0.6) is 0 Å². The molecule has 0 fully saturated rings. The Hall–Kier alpha value is -1.25. The van der Waals surface area contributed by atoms with Crippen molar-refractivity contribution in [2.45, 2.75) is 373 Å². The zero-order chi connectivity index (χ0) is 55.2. The van der Waals surface area contributed by atoms with Crippen molar-refractivity contribution in [3.8, 4) is 0 Å². The summed E-state index contributed by atoms with van der Waals surface area (Å²) in [6.07, 6.45) is 74.5. The van der Waals surface area contributed by atoms with Gasteiger partial charge in [-0.2, -0.15) is 0 Å². The highest BCUT2D eigenvalue weighted by Crippen LogP contribution is 2.43. The molecule has 0 bridgehead atoms. The Kier molecular flexibility index (Phi) is 61.9. The third-order valence-electron chi connectivity index (χ3n) is 15.4. The molecule has 0 aromatic carbocycles. The molecule has 2 atom stereocenters. The van der Waals surface area contributed by atoms with Crippen LogP contribution in [-0.2, 0) is 32.7 Å². The van der Waals surface area contributed by atoms with Gasteiger partial charge < -0.3 is 20.1 Å². The molecule has 0 rings (SSSR count). The number of unbranched alkanes of at least 4 members (excludes halogenated alkanes) is 50. The van der Waals surface area contributed by atoms with Crippen molar-refractivity contribution in [1.29, 1.82) is 0 Å². The first-order valence-electron chi connectivity index (χ1n) is 33.7. The SMILES string of the molecule is CCCCCCCCCC/C=C\CCCCCCCCCCCCCCCCCCCCCCCC(=O)OC(COC(=O)CCCCCCCCCCCCCCCCCCCCCCCC)COP(=O)(O)OCCN. The Balaban J connectivity index is 3.81. The fraction of sp³-hybridized carbons (Fsp3) is 0.939. The molecule has 9 nitrogen and oxygen atoms in total. The monoisotopic (exact) mass is 1100 g/mol. The molecule has 0 aromatic heterocycles. The zero-order valence-corrected chi connectivity index (χ0v) is 51.7. The van der Waals surface area contributed by atoms with Gasteiger partial charge in [-0.15, -0.1) is 0 Å². The topological polar surface area (TPSA) is 134 Å². The Bertz CT molecular complexity index is 1250. The van der Waals surface area contributed by atoms with Gasteiger partial charge in [-0.05, 0) is 38.5 Å². The minimum atomic E-state index is -4.38. The highest BCUT2D eigenvalue weighted by Gasteiger charge is 2.26. The molecule has 452 valence electrons. The molecule has 0 amide bonds. The summed E-state index contributed by atoms with van der Waals surface area (Å²) in [6.45, 7) is 3.83. The molecule has 3 N–H and O–H groups in total. The zero-order valence-electron chi connectivity index (χ0n) is 50.8. The number of phosphoric ester groups is 1. The second-order valence-electron chi connectivity index (χ2n) is 23.1. The van der Waals surface area contributed by atoms with Crippen molar-refractivity contribution in [2.75, 3.05) is 26.4 Å². The third kappa shape index (κ3) is 62.0. The molecule has 0 heterocycles. The van der Waals surface area contributed by atoms with E-state index in [4.69, 9.17) is 24.3 Å². The fourth-order valence-electron chi connectivity index (χ4n) is 10.4. The summed E-state index contributed by atoms with van der Waals surface area (Å²) in [5.74, 6) is -0.801. The highest BCUT2D eigenvalue weighted by atomic mass is 31.2. The predicted molar refractivity (Wildman–Crippen MR) is 326 cm³/mol. The van der Waals surface area contributed by atoms with E-state index in [0.29, 0.717) is 6.42 Å². The fourth-order valence-corrected chi connectivity index (χ4v) is 11.2. The van der Waals surface area contributed by atoms with Crippen LogP contribution in [-0.4, -0.2) is 49.3 Å². The first-order valence-corrected chi connectivity index (χ1v) is 35.2. The summed E-state index contributed by atoms with van der Waals surface area (Å²) in [5.41, 5.74) is 5.40. The van der Waals surface area contributed by atoms with Crippen molar-refractivity contribution in [3.63, 3.8) is 0 Å². The molecule has 2 unspecified atom stereocenters. The minimum absolute atomic E-state index is 0.0579. The lowest BCUT2D eigenvalue weighted by Crippen LogP contribution is -2.29. The van der Waals surface area contributed by atoms with Crippen molar-refractivity contribution in [2.24, 2.45) is 5.73 Å². The molecule has 0 aliphatic rings. The first-order chi connectivity index (χ1) is 37.3. The Labute approximate surface area is 472 Å². The van der Waals surface area contributed by atoms with Crippen LogP contribution in [0.25, 0.3) is 0 Å². The van der Waals surface area contributed by atoms with E-state index in [1.807, 2.05) is 0 Å². The van der Waals surface area contributed by atoms with E-state index in [1.165, 1.54) is 302 Å². The lowest BCUT2D eigenvalue weighted by atomic mass is 10.0. The molecule has 0 aliphatic carbocycles. The number of phosphoric acid groups is 1. The van der Waals surface area contributed by atoms with Crippen molar-refractivity contribution in [3.05, 3.63) is 12.2 Å². The maximum atomic E-state index is 12.7. The van der Waals surface area contributed by atoms with Crippen LogP contribution in [0.3, 0.4) is 0 Å². The summed E-state index contributed by atoms with van der Waals surface area (Å²) in [4.78, 5) is 35.3. The van der Waals surface area contributed by atoms with Gasteiger partial charge >= 0.3 is 19.8 Å². The van der Waals surface area contributed by atoms with E-state index in [-0.39, 0.29) is 38.6 Å². The van der Waals surface area contributed by atoms with Crippen LogP contribution in [0.1, 0.15) is 367 Å². The molecule has 0 aliphatic heterocycles. The number of hydrogen-bond acceptors (Lipinski definition) is 8. The van der Waals surface area contributed by atoms with Crippen LogP contribution >= 0.6 is 7.82 Å². The molecule has 10 heteroatoms. The van der Waals surface area contributed by atoms with Gasteiger partial charge in [-0.25, -0.2) is 4.57 Å². The Morgan fingerprint density at radius 3 is 0.934 bits per heavy atom. The molecule has 0 saturated heterocycles. The summed E-state index contributed by atoms with van der Waals surface area (Å²) in [6, 6.07) is 0. The lowest BCUT2D eigenvalue weighted by molar-refractivity contribution is -0.161. The molecular formula is C66H130NO8P. The summed E-state index contributed by atoms with van der Waals surface area (Å²) in [7, 11) is -4.38. The van der Waals surface area contributed by atoms with Crippen LogP contribution in [0.15, 0.2) is 12.2 Å². The number of hydrogen-bond donors (Lipinski definition) is 2.